The van der Waals surface area contributed by atoms with Gasteiger partial charge in [-0.1, -0.05) is 23.2 Å². The van der Waals surface area contributed by atoms with Crippen molar-refractivity contribution < 1.29 is 23.4 Å². The summed E-state index contributed by atoms with van der Waals surface area (Å²) in [5, 5.41) is 8.75. The monoisotopic (exact) mass is 520 g/mol. The molecule has 0 saturated carbocycles. The molecule has 1 saturated heterocycles. The van der Waals surface area contributed by atoms with E-state index in [1.807, 2.05) is 30.3 Å². The van der Waals surface area contributed by atoms with Gasteiger partial charge in [-0.15, -0.1) is 10.2 Å². The second kappa shape index (κ2) is 11.0. The number of amides is 1. The number of carbonyl (C=O) groups excluding carboxylic acids is 1. The fraction of sp³-hybridized carbons (Fsp3) is 0.292. The Morgan fingerprint density at radius 3 is 2.23 bits per heavy atom. The summed E-state index contributed by atoms with van der Waals surface area (Å²) in [5.74, 6) is 1.28. The molecule has 2 aromatic carbocycles. The van der Waals surface area contributed by atoms with Gasteiger partial charge in [0, 0.05) is 31.7 Å². The van der Waals surface area contributed by atoms with Crippen LogP contribution in [0, 0.1) is 5.82 Å². The van der Waals surface area contributed by atoms with Crippen molar-refractivity contribution in [1.82, 2.24) is 15.1 Å². The first kappa shape index (κ1) is 24.8. The minimum absolute atomic E-state index is 0.0164. The fourth-order valence-corrected chi connectivity index (χ4v) is 4.29. The summed E-state index contributed by atoms with van der Waals surface area (Å²) >= 11 is 11.9. The minimum atomic E-state index is -0.574. The standard InChI is InChI=1S/C24H23Cl2FN4O4/c1-33-20-5-3-15(11-21(20)34-2)19-4-6-22(29-28-19)30-7-9-31(10-8-30)23(32)14-35-24-17(25)12-16(27)13-18(24)26/h3-6,11-13H,7-10,14H2,1-2H3. The Kier molecular flexibility index (Phi) is 7.77. The van der Waals surface area contributed by atoms with Crippen molar-refractivity contribution in [1.29, 1.82) is 0 Å². The lowest BCUT2D eigenvalue weighted by molar-refractivity contribution is -0.133. The zero-order valence-corrected chi connectivity index (χ0v) is 20.6. The number of aromatic nitrogens is 2. The third-order valence-electron chi connectivity index (χ3n) is 5.59. The average molecular weight is 521 g/mol. The lowest BCUT2D eigenvalue weighted by Crippen LogP contribution is -2.50. The molecule has 2 heterocycles. The number of hydrogen-bond donors (Lipinski definition) is 0. The van der Waals surface area contributed by atoms with Crippen molar-refractivity contribution in [2.75, 3.05) is 51.9 Å². The highest BCUT2D eigenvalue weighted by Crippen LogP contribution is 2.34. The van der Waals surface area contributed by atoms with Crippen LogP contribution >= 0.6 is 23.2 Å². The lowest BCUT2D eigenvalue weighted by Gasteiger charge is -2.35. The van der Waals surface area contributed by atoms with Gasteiger partial charge in [0.05, 0.1) is 30.0 Å². The highest BCUT2D eigenvalue weighted by molar-refractivity contribution is 6.37. The van der Waals surface area contributed by atoms with Crippen molar-refractivity contribution in [3.05, 3.63) is 58.3 Å². The van der Waals surface area contributed by atoms with Crippen molar-refractivity contribution in [3.63, 3.8) is 0 Å². The molecule has 0 N–H and O–H groups in total. The summed E-state index contributed by atoms with van der Waals surface area (Å²) in [4.78, 5) is 16.3. The van der Waals surface area contributed by atoms with E-state index in [1.165, 1.54) is 0 Å². The summed E-state index contributed by atoms with van der Waals surface area (Å²) in [6.07, 6.45) is 0. The highest BCUT2D eigenvalue weighted by Gasteiger charge is 2.23. The second-order valence-corrected chi connectivity index (χ2v) is 8.52. The van der Waals surface area contributed by atoms with E-state index < -0.39 is 5.82 Å². The van der Waals surface area contributed by atoms with Gasteiger partial charge in [0.15, 0.2) is 29.7 Å². The predicted octanol–water partition coefficient (Wildman–Crippen LogP) is 4.33. The SMILES string of the molecule is COc1ccc(-c2ccc(N3CCN(C(=O)COc4c(Cl)cc(F)cc4Cl)CC3)nn2)cc1OC. The van der Waals surface area contributed by atoms with Gasteiger partial charge < -0.3 is 24.0 Å². The molecule has 1 aliphatic rings. The molecule has 1 aliphatic heterocycles. The molecule has 184 valence electrons. The topological polar surface area (TPSA) is 77.0 Å². The average Bonchev–Trinajstić information content (AvgIpc) is 2.87. The Hall–Kier alpha value is -3.30. The zero-order valence-electron chi connectivity index (χ0n) is 19.1. The summed E-state index contributed by atoms with van der Waals surface area (Å²) < 4.78 is 29.4. The number of nitrogens with zero attached hydrogens (tertiary/aromatic N) is 4. The van der Waals surface area contributed by atoms with E-state index in [2.05, 4.69) is 15.1 Å². The zero-order chi connectivity index (χ0) is 24.9. The number of carbonyl (C=O) groups is 1. The predicted molar refractivity (Wildman–Crippen MR) is 131 cm³/mol. The molecule has 0 atom stereocenters. The van der Waals surface area contributed by atoms with Gasteiger partial charge in [0.25, 0.3) is 5.91 Å². The molecule has 11 heteroatoms. The molecule has 0 spiro atoms. The van der Waals surface area contributed by atoms with Crippen LogP contribution in [0.4, 0.5) is 10.2 Å². The van der Waals surface area contributed by atoms with Crippen LogP contribution in [-0.4, -0.2) is 68.0 Å². The maximum absolute atomic E-state index is 13.3. The van der Waals surface area contributed by atoms with Crippen molar-refractivity contribution in [3.8, 4) is 28.5 Å². The Morgan fingerprint density at radius 2 is 1.63 bits per heavy atom. The van der Waals surface area contributed by atoms with Crippen molar-refractivity contribution in [2.45, 2.75) is 0 Å². The molecule has 1 aromatic heterocycles. The van der Waals surface area contributed by atoms with Gasteiger partial charge in [-0.2, -0.15) is 0 Å². The first-order valence-electron chi connectivity index (χ1n) is 10.8. The van der Waals surface area contributed by atoms with Crippen LogP contribution in [0.5, 0.6) is 17.2 Å². The first-order chi connectivity index (χ1) is 16.9. The van der Waals surface area contributed by atoms with Crippen LogP contribution in [0.25, 0.3) is 11.3 Å². The van der Waals surface area contributed by atoms with Crippen molar-refractivity contribution in [2.24, 2.45) is 0 Å². The summed E-state index contributed by atoms with van der Waals surface area (Å²) in [6.45, 7) is 1.92. The molecular weight excluding hydrogens is 498 g/mol. The number of anilines is 1. The highest BCUT2D eigenvalue weighted by atomic mass is 35.5. The second-order valence-electron chi connectivity index (χ2n) is 7.70. The van der Waals surface area contributed by atoms with Gasteiger partial charge in [-0.25, -0.2) is 4.39 Å². The van der Waals surface area contributed by atoms with Gasteiger partial charge in [-0.05, 0) is 42.5 Å². The number of halogens is 3. The van der Waals surface area contributed by atoms with Gasteiger partial charge in [-0.3, -0.25) is 4.79 Å². The third-order valence-corrected chi connectivity index (χ3v) is 6.15. The van der Waals surface area contributed by atoms with Gasteiger partial charge >= 0.3 is 0 Å². The maximum Gasteiger partial charge on any atom is 0.260 e. The van der Waals surface area contributed by atoms with E-state index in [9.17, 15) is 9.18 Å². The summed E-state index contributed by atoms with van der Waals surface area (Å²) in [7, 11) is 3.17. The third kappa shape index (κ3) is 5.68. The number of hydrogen-bond acceptors (Lipinski definition) is 7. The van der Waals surface area contributed by atoms with E-state index in [0.717, 1.165) is 23.5 Å². The molecule has 3 aromatic rings. The van der Waals surface area contributed by atoms with Crippen molar-refractivity contribution >= 4 is 34.9 Å². The van der Waals surface area contributed by atoms with E-state index >= 15 is 0 Å². The van der Waals surface area contributed by atoms with E-state index in [1.54, 1.807) is 19.1 Å². The number of ether oxygens (including phenoxy) is 3. The van der Waals surface area contributed by atoms with Crippen LogP contribution in [0.1, 0.15) is 0 Å². The molecule has 35 heavy (non-hydrogen) atoms. The molecule has 0 aliphatic carbocycles. The fourth-order valence-electron chi connectivity index (χ4n) is 3.72. The smallest absolute Gasteiger partial charge is 0.260 e. The summed E-state index contributed by atoms with van der Waals surface area (Å²) in [5.41, 5.74) is 1.57. The molecule has 8 nitrogen and oxygen atoms in total. The lowest BCUT2D eigenvalue weighted by atomic mass is 10.1. The largest absolute Gasteiger partial charge is 0.493 e. The van der Waals surface area contributed by atoms with Crippen LogP contribution in [0.3, 0.4) is 0 Å². The number of benzene rings is 2. The number of rotatable bonds is 7. The van der Waals surface area contributed by atoms with Crippen LogP contribution < -0.4 is 19.1 Å². The van der Waals surface area contributed by atoms with E-state index in [-0.39, 0.29) is 28.3 Å². The van der Waals surface area contributed by atoms with Crippen LogP contribution in [-0.2, 0) is 4.79 Å². The van der Waals surface area contributed by atoms with Crippen LogP contribution in [0.15, 0.2) is 42.5 Å². The molecular formula is C24H23Cl2FN4O4. The maximum atomic E-state index is 13.3. The molecule has 1 fully saturated rings. The minimum Gasteiger partial charge on any atom is -0.493 e. The van der Waals surface area contributed by atoms with Crippen LogP contribution in [0.2, 0.25) is 10.0 Å². The molecule has 0 bridgehead atoms. The Morgan fingerprint density at radius 1 is 0.943 bits per heavy atom. The quantitative estimate of drug-likeness (QED) is 0.458. The first-order valence-corrected chi connectivity index (χ1v) is 11.5. The molecule has 4 rings (SSSR count). The summed E-state index contributed by atoms with van der Waals surface area (Å²) in [6, 6.07) is 11.5. The molecule has 0 unspecified atom stereocenters. The van der Waals surface area contributed by atoms with Gasteiger partial charge in [0.1, 0.15) is 5.82 Å². The van der Waals surface area contributed by atoms with Gasteiger partial charge in [0.2, 0.25) is 0 Å². The molecule has 0 radical (unpaired) electrons. The Balaban J connectivity index is 1.33. The van der Waals surface area contributed by atoms with E-state index in [4.69, 9.17) is 37.4 Å². The molecule has 1 amide bonds. The van der Waals surface area contributed by atoms with E-state index in [0.29, 0.717) is 43.4 Å². The Bertz CT molecular complexity index is 1180. The number of methoxy groups -OCH3 is 2. The Labute approximate surface area is 212 Å². The normalized spacial score (nSPS) is 13.5. The number of piperazine rings is 1.